The van der Waals surface area contributed by atoms with E-state index in [0.29, 0.717) is 18.2 Å². The van der Waals surface area contributed by atoms with E-state index in [1.54, 1.807) is 0 Å². The van der Waals surface area contributed by atoms with Gasteiger partial charge in [0.1, 0.15) is 0 Å². The molecule has 106 valence electrons. The van der Waals surface area contributed by atoms with Gasteiger partial charge in [0.2, 0.25) is 0 Å². The molecule has 2 fully saturated rings. The topological polar surface area (TPSA) is 21.3 Å². The molecular weight excluding hydrogens is 222 g/mol. The molecule has 2 bridgehead atoms. The Morgan fingerprint density at radius 1 is 1.28 bits per heavy atom. The van der Waals surface area contributed by atoms with E-state index in [1.165, 1.54) is 51.4 Å². The Morgan fingerprint density at radius 3 is 2.61 bits per heavy atom. The van der Waals surface area contributed by atoms with E-state index in [1.807, 2.05) is 0 Å². The zero-order valence-electron chi connectivity index (χ0n) is 12.5. The number of hydrogen-bond donors (Lipinski definition) is 1. The maximum atomic E-state index is 6.02. The molecule has 0 aliphatic carbocycles. The van der Waals surface area contributed by atoms with Crippen LogP contribution >= 0.6 is 0 Å². The molecule has 2 aliphatic heterocycles. The lowest BCUT2D eigenvalue weighted by atomic mass is 9.79. The van der Waals surface area contributed by atoms with Gasteiger partial charge in [0.15, 0.2) is 0 Å². The van der Waals surface area contributed by atoms with E-state index in [9.17, 15) is 0 Å². The van der Waals surface area contributed by atoms with Crippen LogP contribution < -0.4 is 5.32 Å². The first-order valence-electron chi connectivity index (χ1n) is 8.11. The summed E-state index contributed by atoms with van der Waals surface area (Å²) in [6, 6.07) is 0.683. The molecule has 2 saturated heterocycles. The van der Waals surface area contributed by atoms with E-state index in [0.717, 1.165) is 11.8 Å². The SMILES string of the molecule is CCCCC(CC)CC(NC)C1CC2CCC1O2. The van der Waals surface area contributed by atoms with E-state index in [2.05, 4.69) is 26.2 Å². The molecule has 5 unspecified atom stereocenters. The van der Waals surface area contributed by atoms with Crippen LogP contribution in [0.3, 0.4) is 0 Å². The lowest BCUT2D eigenvalue weighted by Gasteiger charge is -2.31. The molecule has 2 aliphatic rings. The van der Waals surface area contributed by atoms with Crippen LogP contribution in [0, 0.1) is 11.8 Å². The summed E-state index contributed by atoms with van der Waals surface area (Å²) < 4.78 is 6.02. The summed E-state index contributed by atoms with van der Waals surface area (Å²) in [6.07, 6.45) is 11.9. The molecule has 0 amide bonds. The van der Waals surface area contributed by atoms with Crippen molar-refractivity contribution in [3.63, 3.8) is 0 Å². The highest BCUT2D eigenvalue weighted by molar-refractivity contribution is 4.95. The van der Waals surface area contributed by atoms with Crippen LogP contribution in [0.1, 0.15) is 65.2 Å². The van der Waals surface area contributed by atoms with Gasteiger partial charge in [-0.3, -0.25) is 0 Å². The lowest BCUT2D eigenvalue weighted by molar-refractivity contribution is 0.0837. The van der Waals surface area contributed by atoms with Crippen molar-refractivity contribution < 1.29 is 4.74 Å². The summed E-state index contributed by atoms with van der Waals surface area (Å²) in [7, 11) is 2.14. The van der Waals surface area contributed by atoms with Crippen LogP contribution in [0.4, 0.5) is 0 Å². The smallest absolute Gasteiger partial charge is 0.0623 e. The van der Waals surface area contributed by atoms with Crippen molar-refractivity contribution in [2.75, 3.05) is 7.05 Å². The van der Waals surface area contributed by atoms with Crippen molar-refractivity contribution in [1.82, 2.24) is 5.32 Å². The highest BCUT2D eigenvalue weighted by Gasteiger charge is 2.44. The van der Waals surface area contributed by atoms with Crippen LogP contribution in [0.15, 0.2) is 0 Å². The second-order valence-electron chi connectivity index (χ2n) is 6.32. The summed E-state index contributed by atoms with van der Waals surface area (Å²) in [5.41, 5.74) is 0. The van der Waals surface area contributed by atoms with Crippen molar-refractivity contribution in [3.05, 3.63) is 0 Å². The fourth-order valence-corrected chi connectivity index (χ4v) is 3.95. The average molecular weight is 253 g/mol. The van der Waals surface area contributed by atoms with Gasteiger partial charge in [0.05, 0.1) is 12.2 Å². The second kappa shape index (κ2) is 6.91. The van der Waals surface area contributed by atoms with Gasteiger partial charge < -0.3 is 10.1 Å². The minimum Gasteiger partial charge on any atom is -0.375 e. The first-order chi connectivity index (χ1) is 8.78. The zero-order chi connectivity index (χ0) is 13.0. The Kier molecular flexibility index (Phi) is 5.50. The molecule has 2 rings (SSSR count). The number of ether oxygens (including phenoxy) is 1. The van der Waals surface area contributed by atoms with Crippen LogP contribution in [0.2, 0.25) is 0 Å². The number of fused-ring (bicyclic) bond motifs is 2. The molecule has 2 nitrogen and oxygen atoms in total. The highest BCUT2D eigenvalue weighted by atomic mass is 16.5. The number of hydrogen-bond acceptors (Lipinski definition) is 2. The standard InChI is InChI=1S/C16H31NO/c1-4-6-7-12(5-2)10-15(17-3)14-11-13-8-9-16(14)18-13/h12-17H,4-11H2,1-3H3. The van der Waals surface area contributed by atoms with Crippen LogP contribution in [-0.2, 0) is 4.74 Å². The third-order valence-corrected chi connectivity index (χ3v) is 5.17. The third kappa shape index (κ3) is 3.27. The Bertz CT molecular complexity index is 243. The van der Waals surface area contributed by atoms with Gasteiger partial charge in [0.25, 0.3) is 0 Å². The summed E-state index contributed by atoms with van der Waals surface area (Å²) in [5.74, 6) is 1.69. The number of nitrogens with one attached hydrogen (secondary N) is 1. The van der Waals surface area contributed by atoms with Gasteiger partial charge in [-0.2, -0.15) is 0 Å². The minimum absolute atomic E-state index is 0.566. The largest absolute Gasteiger partial charge is 0.375 e. The van der Waals surface area contributed by atoms with Gasteiger partial charge in [-0.25, -0.2) is 0 Å². The van der Waals surface area contributed by atoms with Crippen molar-refractivity contribution in [1.29, 1.82) is 0 Å². The van der Waals surface area contributed by atoms with E-state index in [4.69, 9.17) is 4.74 Å². The molecule has 18 heavy (non-hydrogen) atoms. The fourth-order valence-electron chi connectivity index (χ4n) is 3.95. The molecule has 0 aromatic heterocycles. The molecule has 0 radical (unpaired) electrons. The van der Waals surface area contributed by atoms with Gasteiger partial charge >= 0.3 is 0 Å². The summed E-state index contributed by atoms with van der Waals surface area (Å²) in [4.78, 5) is 0. The van der Waals surface area contributed by atoms with Crippen LogP contribution in [-0.4, -0.2) is 25.3 Å². The first kappa shape index (κ1) is 14.3. The van der Waals surface area contributed by atoms with Crippen molar-refractivity contribution in [2.24, 2.45) is 11.8 Å². The molecule has 5 atom stereocenters. The second-order valence-corrected chi connectivity index (χ2v) is 6.32. The molecule has 0 aromatic rings. The van der Waals surface area contributed by atoms with Crippen LogP contribution in [0.5, 0.6) is 0 Å². The van der Waals surface area contributed by atoms with Gasteiger partial charge in [-0.15, -0.1) is 0 Å². The van der Waals surface area contributed by atoms with Crippen molar-refractivity contribution in [3.8, 4) is 0 Å². The first-order valence-corrected chi connectivity index (χ1v) is 8.11. The van der Waals surface area contributed by atoms with Crippen LogP contribution in [0.25, 0.3) is 0 Å². The Labute approximate surface area is 113 Å². The predicted molar refractivity (Wildman–Crippen MR) is 76.8 cm³/mol. The molecule has 2 heterocycles. The normalized spacial score (nSPS) is 33.8. The predicted octanol–water partition coefficient (Wildman–Crippen LogP) is 3.75. The Hall–Kier alpha value is -0.0800. The van der Waals surface area contributed by atoms with Crippen molar-refractivity contribution in [2.45, 2.75) is 83.5 Å². The van der Waals surface area contributed by atoms with E-state index >= 15 is 0 Å². The van der Waals surface area contributed by atoms with Gasteiger partial charge in [-0.05, 0) is 38.6 Å². The molecule has 0 spiro atoms. The van der Waals surface area contributed by atoms with E-state index in [-0.39, 0.29) is 0 Å². The third-order valence-electron chi connectivity index (χ3n) is 5.17. The molecule has 2 heteroatoms. The maximum absolute atomic E-state index is 6.02. The monoisotopic (exact) mass is 253 g/mol. The zero-order valence-corrected chi connectivity index (χ0v) is 12.5. The summed E-state index contributed by atoms with van der Waals surface area (Å²) >= 11 is 0. The Morgan fingerprint density at radius 2 is 2.11 bits per heavy atom. The average Bonchev–Trinajstić information content (AvgIpc) is 3.01. The summed E-state index contributed by atoms with van der Waals surface area (Å²) in [6.45, 7) is 4.65. The highest BCUT2D eigenvalue weighted by Crippen LogP contribution is 2.41. The maximum Gasteiger partial charge on any atom is 0.0623 e. The quantitative estimate of drug-likeness (QED) is 0.711. The fraction of sp³-hybridized carbons (Fsp3) is 1.00. The minimum atomic E-state index is 0.566. The molecule has 1 N–H and O–H groups in total. The number of rotatable bonds is 8. The molecular formula is C16H31NO. The number of unbranched alkanes of at least 4 members (excludes halogenated alkanes) is 1. The molecule has 0 aromatic carbocycles. The van der Waals surface area contributed by atoms with Gasteiger partial charge in [-0.1, -0.05) is 39.5 Å². The molecule has 0 saturated carbocycles. The van der Waals surface area contributed by atoms with Crippen molar-refractivity contribution >= 4 is 0 Å². The lowest BCUT2D eigenvalue weighted by Crippen LogP contribution is -2.40. The van der Waals surface area contributed by atoms with E-state index < -0.39 is 0 Å². The Balaban J connectivity index is 1.84. The summed E-state index contributed by atoms with van der Waals surface area (Å²) in [5, 5.41) is 3.59. The van der Waals surface area contributed by atoms with Gasteiger partial charge in [0, 0.05) is 12.0 Å².